The molecule has 5 rings (SSSR count). The van der Waals surface area contributed by atoms with E-state index in [1.165, 1.54) is 6.07 Å². The van der Waals surface area contributed by atoms with E-state index in [4.69, 9.17) is 4.74 Å². The van der Waals surface area contributed by atoms with Crippen molar-refractivity contribution in [1.29, 1.82) is 0 Å². The molecule has 0 unspecified atom stereocenters. The first-order chi connectivity index (χ1) is 15.5. The molecule has 5 nitrogen and oxygen atoms in total. The molecular weight excluding hydrogens is 405 g/mol. The summed E-state index contributed by atoms with van der Waals surface area (Å²) in [6, 6.07) is 10.8. The number of hydrogen-bond acceptors (Lipinski definition) is 3. The number of ether oxygens (including phenoxy) is 1. The quantitative estimate of drug-likeness (QED) is 0.545. The SMILES string of the molecule is COc1cc(C=C2CCCN([C@@H]3CCc4ccc(F)cc43)C2=O)ccc1-n1cnc(C)c1. The predicted octanol–water partition coefficient (Wildman–Crippen LogP) is 5.02. The van der Waals surface area contributed by atoms with Crippen LogP contribution in [0.15, 0.2) is 54.5 Å². The number of benzene rings is 2. The number of amides is 1. The number of likely N-dealkylation sites (tertiary alicyclic amines) is 1. The van der Waals surface area contributed by atoms with E-state index >= 15 is 0 Å². The van der Waals surface area contributed by atoms with Crippen molar-refractivity contribution < 1.29 is 13.9 Å². The topological polar surface area (TPSA) is 47.4 Å². The highest BCUT2D eigenvalue weighted by Crippen LogP contribution is 2.39. The molecule has 1 fully saturated rings. The van der Waals surface area contributed by atoms with Crippen LogP contribution in [0.1, 0.15) is 47.7 Å². The Balaban J connectivity index is 1.42. The summed E-state index contributed by atoms with van der Waals surface area (Å²) in [4.78, 5) is 19.6. The third kappa shape index (κ3) is 3.70. The van der Waals surface area contributed by atoms with Crippen LogP contribution in [0, 0.1) is 12.7 Å². The molecule has 1 amide bonds. The fourth-order valence-electron chi connectivity index (χ4n) is 4.89. The number of piperidine rings is 1. The molecule has 1 aliphatic carbocycles. The zero-order chi connectivity index (χ0) is 22.2. The second-order valence-electron chi connectivity index (χ2n) is 8.52. The van der Waals surface area contributed by atoms with Crippen LogP contribution in [0.5, 0.6) is 5.75 Å². The van der Waals surface area contributed by atoms with E-state index in [1.807, 2.05) is 52.9 Å². The van der Waals surface area contributed by atoms with Gasteiger partial charge in [0.25, 0.3) is 0 Å². The highest BCUT2D eigenvalue weighted by Gasteiger charge is 2.34. The van der Waals surface area contributed by atoms with Crippen molar-refractivity contribution in [2.75, 3.05) is 13.7 Å². The lowest BCUT2D eigenvalue weighted by atomic mass is 9.97. The van der Waals surface area contributed by atoms with Crippen molar-refractivity contribution in [3.05, 3.63) is 82.7 Å². The van der Waals surface area contributed by atoms with Gasteiger partial charge in [0.15, 0.2) is 0 Å². The lowest BCUT2D eigenvalue weighted by Gasteiger charge is -2.34. The van der Waals surface area contributed by atoms with Crippen molar-refractivity contribution in [1.82, 2.24) is 14.5 Å². The van der Waals surface area contributed by atoms with Gasteiger partial charge in [-0.25, -0.2) is 9.37 Å². The Morgan fingerprint density at radius 1 is 1.19 bits per heavy atom. The summed E-state index contributed by atoms with van der Waals surface area (Å²) < 4.78 is 21.4. The van der Waals surface area contributed by atoms with E-state index in [2.05, 4.69) is 4.98 Å². The van der Waals surface area contributed by atoms with Gasteiger partial charge >= 0.3 is 0 Å². The monoisotopic (exact) mass is 431 g/mol. The van der Waals surface area contributed by atoms with Crippen LogP contribution in [0.3, 0.4) is 0 Å². The minimum atomic E-state index is -0.240. The predicted molar refractivity (Wildman–Crippen MR) is 121 cm³/mol. The van der Waals surface area contributed by atoms with E-state index in [1.54, 1.807) is 19.5 Å². The summed E-state index contributed by atoms with van der Waals surface area (Å²) in [5.74, 6) is 0.528. The van der Waals surface area contributed by atoms with Crippen LogP contribution < -0.4 is 4.74 Å². The van der Waals surface area contributed by atoms with Gasteiger partial charge < -0.3 is 14.2 Å². The van der Waals surface area contributed by atoms with Gasteiger partial charge in [0.05, 0.1) is 30.9 Å². The van der Waals surface area contributed by atoms with Crippen LogP contribution in [-0.2, 0) is 11.2 Å². The summed E-state index contributed by atoms with van der Waals surface area (Å²) in [6.45, 7) is 2.65. The second kappa shape index (κ2) is 8.26. The molecule has 2 aromatic carbocycles. The number of hydrogen-bond donors (Lipinski definition) is 0. The molecule has 6 heteroatoms. The molecule has 1 aromatic heterocycles. The third-order valence-electron chi connectivity index (χ3n) is 6.45. The van der Waals surface area contributed by atoms with Gasteiger partial charge in [0.2, 0.25) is 5.91 Å². The number of carbonyl (C=O) groups excluding carboxylic acids is 1. The fraction of sp³-hybridized carbons (Fsp3) is 0.308. The molecule has 164 valence electrons. The molecule has 3 aromatic rings. The average Bonchev–Trinajstić information content (AvgIpc) is 3.41. The number of nitrogens with zero attached hydrogens (tertiary/aromatic N) is 3. The van der Waals surface area contributed by atoms with Gasteiger partial charge in [0.1, 0.15) is 11.6 Å². The van der Waals surface area contributed by atoms with Crippen molar-refractivity contribution in [3.8, 4) is 11.4 Å². The Bertz CT molecular complexity index is 1210. The molecule has 2 aliphatic rings. The lowest BCUT2D eigenvalue weighted by Crippen LogP contribution is -2.39. The number of imidazole rings is 1. The van der Waals surface area contributed by atoms with Crippen LogP contribution in [0.4, 0.5) is 4.39 Å². The Morgan fingerprint density at radius 3 is 2.84 bits per heavy atom. The summed E-state index contributed by atoms with van der Waals surface area (Å²) in [5, 5.41) is 0. The molecule has 1 aliphatic heterocycles. The van der Waals surface area contributed by atoms with Crippen molar-refractivity contribution in [2.24, 2.45) is 0 Å². The summed E-state index contributed by atoms with van der Waals surface area (Å²) >= 11 is 0. The first-order valence-electron chi connectivity index (χ1n) is 11.0. The highest BCUT2D eigenvalue weighted by atomic mass is 19.1. The highest BCUT2D eigenvalue weighted by molar-refractivity contribution is 5.99. The van der Waals surface area contributed by atoms with Gasteiger partial charge in [-0.05, 0) is 79.6 Å². The molecule has 0 bridgehead atoms. The van der Waals surface area contributed by atoms with Gasteiger partial charge in [0, 0.05) is 18.3 Å². The fourth-order valence-corrected chi connectivity index (χ4v) is 4.89. The van der Waals surface area contributed by atoms with Gasteiger partial charge in [-0.3, -0.25) is 4.79 Å². The van der Waals surface area contributed by atoms with E-state index in [-0.39, 0.29) is 17.8 Å². The summed E-state index contributed by atoms with van der Waals surface area (Å²) in [5.41, 5.74) is 5.65. The molecule has 1 atom stereocenters. The Morgan fingerprint density at radius 2 is 2.06 bits per heavy atom. The molecule has 2 heterocycles. The van der Waals surface area contributed by atoms with Crippen LogP contribution >= 0.6 is 0 Å². The van der Waals surface area contributed by atoms with Crippen LogP contribution in [0.25, 0.3) is 11.8 Å². The minimum Gasteiger partial charge on any atom is -0.495 e. The Labute approximate surface area is 187 Å². The van der Waals surface area contributed by atoms with Crippen molar-refractivity contribution >= 4 is 12.0 Å². The number of aryl methyl sites for hydroxylation is 2. The molecule has 0 spiro atoms. The minimum absolute atomic E-state index is 0.0432. The van der Waals surface area contributed by atoms with E-state index in [9.17, 15) is 9.18 Å². The molecule has 0 N–H and O–H groups in total. The smallest absolute Gasteiger partial charge is 0.250 e. The Kier molecular flexibility index (Phi) is 5.29. The number of rotatable bonds is 4. The maximum atomic E-state index is 13.9. The number of fused-ring (bicyclic) bond motifs is 1. The first kappa shape index (κ1) is 20.5. The van der Waals surface area contributed by atoms with E-state index in [0.717, 1.165) is 65.1 Å². The van der Waals surface area contributed by atoms with Gasteiger partial charge in [-0.15, -0.1) is 0 Å². The third-order valence-corrected chi connectivity index (χ3v) is 6.45. The lowest BCUT2D eigenvalue weighted by molar-refractivity contribution is -0.131. The van der Waals surface area contributed by atoms with Crippen LogP contribution in [0.2, 0.25) is 0 Å². The number of methoxy groups -OCH3 is 1. The molecule has 0 saturated carbocycles. The first-order valence-corrected chi connectivity index (χ1v) is 11.0. The van der Waals surface area contributed by atoms with Gasteiger partial charge in [-0.2, -0.15) is 0 Å². The maximum absolute atomic E-state index is 13.9. The normalized spacial score (nSPS) is 19.5. The van der Waals surface area contributed by atoms with Crippen LogP contribution in [-0.4, -0.2) is 34.0 Å². The second-order valence-corrected chi connectivity index (χ2v) is 8.52. The maximum Gasteiger partial charge on any atom is 0.250 e. The number of carbonyl (C=O) groups is 1. The molecular formula is C26H26FN3O2. The van der Waals surface area contributed by atoms with E-state index in [0.29, 0.717) is 6.54 Å². The standard InChI is InChI=1S/C26H26FN3O2/c1-17-15-29(16-28-17)24-9-5-18(13-25(24)32-2)12-20-4-3-11-30(26(20)31)23-10-7-19-6-8-21(27)14-22(19)23/h5-6,8-9,12-16,23H,3-4,7,10-11H2,1-2H3/t23-/m1/s1. The molecule has 0 radical (unpaired) electrons. The zero-order valence-electron chi connectivity index (χ0n) is 18.3. The largest absolute Gasteiger partial charge is 0.495 e. The zero-order valence-corrected chi connectivity index (χ0v) is 18.3. The van der Waals surface area contributed by atoms with E-state index < -0.39 is 0 Å². The molecule has 1 saturated heterocycles. The average molecular weight is 432 g/mol. The summed E-state index contributed by atoms with van der Waals surface area (Å²) in [7, 11) is 1.64. The molecule has 32 heavy (non-hydrogen) atoms. The number of halogens is 1. The van der Waals surface area contributed by atoms with Gasteiger partial charge in [-0.1, -0.05) is 12.1 Å². The number of aromatic nitrogens is 2. The van der Waals surface area contributed by atoms with Crippen molar-refractivity contribution in [2.45, 2.75) is 38.6 Å². The summed E-state index contributed by atoms with van der Waals surface area (Å²) in [6.07, 6.45) is 9.05. The Hall–Kier alpha value is -3.41. The van der Waals surface area contributed by atoms with Crippen molar-refractivity contribution in [3.63, 3.8) is 0 Å².